The first kappa shape index (κ1) is 34.4. The standard InChI is InChI=1S/C35H40Cl2N6O4/c1-6-30(44)39-27-18-23(9-10-42-11-13-43(14-12-42)15-16-45-3)17-22(2)34(27)41-35-38-21-25-19-24(7-8-26(25)40-35)31-32(36)28(46-4)20-29(47-5)33(31)37/h6-8,17-21H,1,9-16H2,2-5H3,(H,39,44)(H,38,40,41). The summed E-state index contributed by atoms with van der Waals surface area (Å²) in [5.74, 6) is 1.00. The normalized spacial score (nSPS) is 13.8. The van der Waals surface area contributed by atoms with Crippen molar-refractivity contribution in [1.29, 1.82) is 0 Å². The van der Waals surface area contributed by atoms with Crippen LogP contribution in [0.4, 0.5) is 17.3 Å². The first-order chi connectivity index (χ1) is 22.7. The van der Waals surface area contributed by atoms with Crippen molar-refractivity contribution in [3.05, 3.63) is 76.4 Å². The van der Waals surface area contributed by atoms with Gasteiger partial charge >= 0.3 is 0 Å². The fraction of sp³-hybridized carbons (Fsp3) is 0.343. The van der Waals surface area contributed by atoms with E-state index in [1.165, 1.54) is 6.08 Å². The van der Waals surface area contributed by atoms with Crippen LogP contribution in [0.5, 0.6) is 11.5 Å². The number of aromatic nitrogens is 2. The first-order valence-electron chi connectivity index (χ1n) is 15.4. The first-order valence-corrected chi connectivity index (χ1v) is 16.1. The van der Waals surface area contributed by atoms with Crippen LogP contribution in [-0.4, -0.2) is 92.9 Å². The van der Waals surface area contributed by atoms with E-state index in [4.69, 9.17) is 42.4 Å². The highest BCUT2D eigenvalue weighted by molar-refractivity contribution is 6.41. The van der Waals surface area contributed by atoms with Crippen LogP contribution in [0.3, 0.4) is 0 Å². The number of halogens is 2. The molecule has 0 radical (unpaired) electrons. The number of piperazine rings is 1. The van der Waals surface area contributed by atoms with Gasteiger partial charge in [-0.05, 0) is 54.3 Å². The Bertz CT molecular complexity index is 1730. The van der Waals surface area contributed by atoms with Gasteiger partial charge in [-0.25, -0.2) is 9.97 Å². The Labute approximate surface area is 285 Å². The molecule has 4 aromatic rings. The van der Waals surface area contributed by atoms with Crippen molar-refractivity contribution in [2.24, 2.45) is 0 Å². The quantitative estimate of drug-likeness (QED) is 0.151. The zero-order valence-electron chi connectivity index (χ0n) is 27.2. The van der Waals surface area contributed by atoms with Gasteiger partial charge in [0.25, 0.3) is 0 Å². The Morgan fingerprint density at radius 1 is 0.979 bits per heavy atom. The average molecular weight is 680 g/mol. The van der Waals surface area contributed by atoms with Gasteiger partial charge < -0.3 is 29.7 Å². The molecule has 10 nitrogen and oxygen atoms in total. The molecule has 0 bridgehead atoms. The summed E-state index contributed by atoms with van der Waals surface area (Å²) in [5.41, 5.74) is 5.52. The number of amides is 1. The van der Waals surface area contributed by atoms with Gasteiger partial charge in [-0.1, -0.05) is 41.9 Å². The molecule has 0 spiro atoms. The Kier molecular flexibility index (Phi) is 11.5. The number of methoxy groups -OCH3 is 3. The van der Waals surface area contributed by atoms with Crippen LogP contribution >= 0.6 is 23.2 Å². The maximum absolute atomic E-state index is 12.4. The van der Waals surface area contributed by atoms with Gasteiger partial charge in [-0.3, -0.25) is 9.69 Å². The van der Waals surface area contributed by atoms with E-state index in [0.717, 1.165) is 74.4 Å². The summed E-state index contributed by atoms with van der Waals surface area (Å²) in [6, 6.07) is 11.5. The highest BCUT2D eigenvalue weighted by Gasteiger charge is 2.20. The third-order valence-electron chi connectivity index (χ3n) is 8.31. The molecular formula is C35H40Cl2N6O4. The van der Waals surface area contributed by atoms with Crippen LogP contribution in [-0.2, 0) is 16.0 Å². The maximum atomic E-state index is 12.4. The van der Waals surface area contributed by atoms with Crippen LogP contribution in [0.1, 0.15) is 11.1 Å². The molecular weight excluding hydrogens is 639 g/mol. The van der Waals surface area contributed by atoms with E-state index in [1.807, 2.05) is 31.2 Å². The topological polar surface area (TPSA) is 101 Å². The Hall–Kier alpha value is -3.93. The van der Waals surface area contributed by atoms with Gasteiger partial charge in [-0.15, -0.1) is 0 Å². The molecule has 1 amide bonds. The molecule has 47 heavy (non-hydrogen) atoms. The zero-order chi connectivity index (χ0) is 33.5. The number of carbonyl (C=O) groups excluding carboxylic acids is 1. The second-order valence-electron chi connectivity index (χ2n) is 11.3. The fourth-order valence-corrected chi connectivity index (χ4v) is 6.42. The van der Waals surface area contributed by atoms with Gasteiger partial charge in [-0.2, -0.15) is 0 Å². The smallest absolute Gasteiger partial charge is 0.247 e. The van der Waals surface area contributed by atoms with E-state index in [-0.39, 0.29) is 5.91 Å². The van der Waals surface area contributed by atoms with Gasteiger partial charge in [0.05, 0.1) is 47.8 Å². The van der Waals surface area contributed by atoms with E-state index in [2.05, 4.69) is 38.1 Å². The predicted molar refractivity (Wildman–Crippen MR) is 190 cm³/mol. The van der Waals surface area contributed by atoms with Crippen molar-refractivity contribution in [2.45, 2.75) is 13.3 Å². The molecule has 1 aliphatic heterocycles. The molecule has 0 atom stereocenters. The molecule has 3 aromatic carbocycles. The third kappa shape index (κ3) is 8.14. The summed E-state index contributed by atoms with van der Waals surface area (Å²) in [5, 5.41) is 7.85. The molecule has 0 aliphatic carbocycles. The minimum atomic E-state index is -0.296. The van der Waals surface area contributed by atoms with Crippen LogP contribution < -0.4 is 20.1 Å². The van der Waals surface area contributed by atoms with Crippen LogP contribution in [0.15, 0.2) is 55.3 Å². The molecule has 1 fully saturated rings. The maximum Gasteiger partial charge on any atom is 0.247 e. The van der Waals surface area contributed by atoms with Crippen molar-refractivity contribution < 1.29 is 19.0 Å². The molecule has 5 rings (SSSR count). The number of nitrogens with zero attached hydrogens (tertiary/aromatic N) is 4. The molecule has 12 heteroatoms. The number of nitrogens with one attached hydrogen (secondary N) is 2. The number of benzene rings is 3. The molecule has 2 N–H and O–H groups in total. The monoisotopic (exact) mass is 678 g/mol. The fourth-order valence-electron chi connectivity index (χ4n) is 5.70. The lowest BCUT2D eigenvalue weighted by Crippen LogP contribution is -2.47. The number of fused-ring (bicyclic) bond motifs is 1. The number of aryl methyl sites for hydroxylation is 1. The molecule has 1 saturated heterocycles. The van der Waals surface area contributed by atoms with Crippen molar-refractivity contribution in [3.8, 4) is 22.6 Å². The molecule has 2 heterocycles. The number of hydrogen-bond acceptors (Lipinski definition) is 9. The SMILES string of the molecule is C=CC(=O)Nc1cc(CCN2CCN(CCOC)CC2)cc(C)c1Nc1ncc2cc(-c3c(Cl)c(OC)cc(OC)c3Cl)ccc2n1. The van der Waals surface area contributed by atoms with Crippen molar-refractivity contribution in [2.75, 3.05) is 77.8 Å². The van der Waals surface area contributed by atoms with Crippen LogP contribution in [0, 0.1) is 6.92 Å². The van der Waals surface area contributed by atoms with E-state index >= 15 is 0 Å². The van der Waals surface area contributed by atoms with Crippen molar-refractivity contribution in [1.82, 2.24) is 19.8 Å². The number of rotatable bonds is 13. The number of anilines is 3. The van der Waals surface area contributed by atoms with E-state index in [9.17, 15) is 4.79 Å². The van der Waals surface area contributed by atoms with Gasteiger partial charge in [0.2, 0.25) is 11.9 Å². The summed E-state index contributed by atoms with van der Waals surface area (Å²) in [6.45, 7) is 12.4. The van der Waals surface area contributed by atoms with Crippen LogP contribution in [0.25, 0.3) is 22.0 Å². The molecule has 1 aromatic heterocycles. The zero-order valence-corrected chi connectivity index (χ0v) is 28.7. The summed E-state index contributed by atoms with van der Waals surface area (Å²) in [6.07, 6.45) is 3.85. The third-order valence-corrected chi connectivity index (χ3v) is 9.06. The minimum absolute atomic E-state index is 0.296. The van der Waals surface area contributed by atoms with Crippen molar-refractivity contribution in [3.63, 3.8) is 0 Å². The summed E-state index contributed by atoms with van der Waals surface area (Å²) >= 11 is 13.3. The lowest BCUT2D eigenvalue weighted by molar-refractivity contribution is -0.111. The minimum Gasteiger partial charge on any atom is -0.495 e. The number of hydrogen-bond donors (Lipinski definition) is 2. The summed E-state index contributed by atoms with van der Waals surface area (Å²) < 4.78 is 16.1. The van der Waals surface area contributed by atoms with Crippen molar-refractivity contribution >= 4 is 57.3 Å². The average Bonchev–Trinajstić information content (AvgIpc) is 3.08. The van der Waals surface area contributed by atoms with Crippen LogP contribution in [0.2, 0.25) is 10.0 Å². The highest BCUT2D eigenvalue weighted by atomic mass is 35.5. The Morgan fingerprint density at radius 3 is 2.30 bits per heavy atom. The highest BCUT2D eigenvalue weighted by Crippen LogP contribution is 2.46. The second kappa shape index (κ2) is 15.8. The van der Waals surface area contributed by atoms with E-state index in [0.29, 0.717) is 49.9 Å². The van der Waals surface area contributed by atoms with Gasteiger partial charge in [0.1, 0.15) is 11.5 Å². The second-order valence-corrected chi connectivity index (χ2v) is 12.1. The molecule has 0 saturated carbocycles. The van der Waals surface area contributed by atoms with Gasteiger partial charge in [0, 0.05) is 69.6 Å². The lowest BCUT2D eigenvalue weighted by atomic mass is 10.0. The Balaban J connectivity index is 1.36. The summed E-state index contributed by atoms with van der Waals surface area (Å²) in [7, 11) is 4.82. The van der Waals surface area contributed by atoms with E-state index in [1.54, 1.807) is 33.6 Å². The number of carbonyl (C=O) groups is 1. The molecule has 248 valence electrons. The largest absolute Gasteiger partial charge is 0.495 e. The number of ether oxygens (including phenoxy) is 3. The van der Waals surface area contributed by atoms with E-state index < -0.39 is 0 Å². The molecule has 0 unspecified atom stereocenters. The molecule has 1 aliphatic rings. The Morgan fingerprint density at radius 2 is 1.66 bits per heavy atom. The summed E-state index contributed by atoms with van der Waals surface area (Å²) in [4.78, 5) is 26.7. The lowest BCUT2D eigenvalue weighted by Gasteiger charge is -2.34. The predicted octanol–water partition coefficient (Wildman–Crippen LogP) is 6.60. The van der Waals surface area contributed by atoms with Gasteiger partial charge in [0.15, 0.2) is 0 Å².